The lowest BCUT2D eigenvalue weighted by atomic mass is 10.6. The fraction of sp³-hybridized carbons (Fsp3) is 0.222. The fourth-order valence-electron chi connectivity index (χ4n) is 0.568. The maximum absolute atomic E-state index is 11.0. The van der Waals surface area contributed by atoms with E-state index in [1.807, 2.05) is 0 Å². The molecule has 0 aliphatic rings. The topological polar surface area (TPSA) is 60.4 Å². The van der Waals surface area contributed by atoms with Crippen molar-refractivity contribution >= 4 is 15.8 Å². The SMILES string of the molecule is C=CCOC(=O)C=CS(=O)(=O)CC=C. The molecule has 4 nitrogen and oxygen atoms in total. The van der Waals surface area contributed by atoms with E-state index in [0.717, 1.165) is 11.5 Å². The van der Waals surface area contributed by atoms with Crippen LogP contribution in [0.3, 0.4) is 0 Å². The van der Waals surface area contributed by atoms with E-state index in [1.165, 1.54) is 12.2 Å². The van der Waals surface area contributed by atoms with E-state index in [0.29, 0.717) is 0 Å². The highest BCUT2D eigenvalue weighted by molar-refractivity contribution is 7.94. The molecule has 0 saturated carbocycles. The molecule has 14 heavy (non-hydrogen) atoms. The van der Waals surface area contributed by atoms with Crippen LogP contribution in [0.15, 0.2) is 36.8 Å². The lowest BCUT2D eigenvalue weighted by molar-refractivity contribution is -0.136. The van der Waals surface area contributed by atoms with E-state index in [-0.39, 0.29) is 12.4 Å². The molecule has 0 N–H and O–H groups in total. The molecule has 0 heterocycles. The number of hydrogen-bond donors (Lipinski definition) is 0. The van der Waals surface area contributed by atoms with Gasteiger partial charge < -0.3 is 4.74 Å². The first-order valence-corrected chi connectivity index (χ1v) is 5.53. The van der Waals surface area contributed by atoms with Crippen LogP contribution in [0.5, 0.6) is 0 Å². The number of esters is 1. The van der Waals surface area contributed by atoms with Gasteiger partial charge in [0.25, 0.3) is 0 Å². The summed E-state index contributed by atoms with van der Waals surface area (Å²) in [5, 5.41) is 0.806. The van der Waals surface area contributed by atoms with E-state index < -0.39 is 15.8 Å². The highest BCUT2D eigenvalue weighted by Crippen LogP contribution is 1.94. The first-order chi connectivity index (χ1) is 6.52. The van der Waals surface area contributed by atoms with E-state index in [2.05, 4.69) is 17.9 Å². The van der Waals surface area contributed by atoms with E-state index >= 15 is 0 Å². The minimum absolute atomic E-state index is 0.0602. The van der Waals surface area contributed by atoms with Gasteiger partial charge in [-0.1, -0.05) is 18.7 Å². The van der Waals surface area contributed by atoms with Gasteiger partial charge in [0.1, 0.15) is 6.61 Å². The lowest BCUT2D eigenvalue weighted by Gasteiger charge is -1.95. The van der Waals surface area contributed by atoms with Gasteiger partial charge in [-0.3, -0.25) is 0 Å². The number of carbonyl (C=O) groups excluding carboxylic acids is 1. The van der Waals surface area contributed by atoms with Gasteiger partial charge in [-0.2, -0.15) is 0 Å². The normalized spacial score (nSPS) is 11.1. The van der Waals surface area contributed by atoms with Crippen LogP contribution in [-0.2, 0) is 19.4 Å². The summed E-state index contributed by atoms with van der Waals surface area (Å²) in [7, 11) is -3.38. The molecule has 0 aliphatic carbocycles. The van der Waals surface area contributed by atoms with Crippen LogP contribution in [-0.4, -0.2) is 26.7 Å². The quantitative estimate of drug-likeness (QED) is 0.375. The van der Waals surface area contributed by atoms with Crippen molar-refractivity contribution in [2.75, 3.05) is 12.4 Å². The fourth-order valence-corrected chi connectivity index (χ4v) is 1.33. The number of ether oxygens (including phenoxy) is 1. The minimum Gasteiger partial charge on any atom is -0.458 e. The zero-order valence-corrected chi connectivity index (χ0v) is 8.50. The van der Waals surface area contributed by atoms with Crippen molar-refractivity contribution in [1.29, 1.82) is 0 Å². The Bertz CT molecular complexity index is 338. The van der Waals surface area contributed by atoms with Crippen LogP contribution in [0, 0.1) is 0 Å². The van der Waals surface area contributed by atoms with Gasteiger partial charge in [0.05, 0.1) is 5.75 Å². The maximum atomic E-state index is 11.0. The third-order valence-electron chi connectivity index (χ3n) is 1.11. The van der Waals surface area contributed by atoms with Gasteiger partial charge in [-0.05, 0) is 0 Å². The molecule has 0 unspecified atom stereocenters. The van der Waals surface area contributed by atoms with Gasteiger partial charge in [0.2, 0.25) is 0 Å². The molecule has 0 fully saturated rings. The third kappa shape index (κ3) is 6.19. The largest absolute Gasteiger partial charge is 0.458 e. The number of hydrogen-bond acceptors (Lipinski definition) is 4. The molecule has 0 spiro atoms. The molecule has 78 valence electrons. The molecule has 0 aliphatic heterocycles. The second kappa shape index (κ2) is 6.15. The molecule has 0 aromatic carbocycles. The van der Waals surface area contributed by atoms with Gasteiger partial charge in [0, 0.05) is 11.5 Å². The summed E-state index contributed by atoms with van der Waals surface area (Å²) in [5.41, 5.74) is 0. The number of sulfone groups is 1. The first kappa shape index (κ1) is 12.6. The lowest BCUT2D eigenvalue weighted by Crippen LogP contribution is -2.03. The Morgan fingerprint density at radius 1 is 1.29 bits per heavy atom. The summed E-state index contributed by atoms with van der Waals surface area (Å²) in [6.07, 6.45) is 3.50. The Morgan fingerprint density at radius 2 is 1.93 bits per heavy atom. The molecule has 0 rings (SSSR count). The van der Waals surface area contributed by atoms with Crippen molar-refractivity contribution in [2.24, 2.45) is 0 Å². The van der Waals surface area contributed by atoms with Crippen LogP contribution in [0.25, 0.3) is 0 Å². The summed E-state index contributed by atoms with van der Waals surface area (Å²) in [4.78, 5) is 10.8. The molecule has 0 amide bonds. The minimum atomic E-state index is -3.38. The Kier molecular flexibility index (Phi) is 5.55. The van der Waals surface area contributed by atoms with Crippen LogP contribution >= 0.6 is 0 Å². The molecule has 0 aromatic heterocycles. The van der Waals surface area contributed by atoms with Crippen molar-refractivity contribution in [3.05, 3.63) is 36.8 Å². The second-order valence-corrected chi connectivity index (χ2v) is 4.27. The Hall–Kier alpha value is -1.36. The Labute approximate surface area is 83.5 Å². The van der Waals surface area contributed by atoms with Crippen LogP contribution in [0.1, 0.15) is 0 Å². The second-order valence-electron chi connectivity index (χ2n) is 2.34. The molecular weight excluding hydrogens is 204 g/mol. The van der Waals surface area contributed by atoms with Gasteiger partial charge in [-0.15, -0.1) is 6.58 Å². The molecule has 0 bridgehead atoms. The monoisotopic (exact) mass is 216 g/mol. The predicted molar refractivity (Wildman–Crippen MR) is 54.3 cm³/mol. The van der Waals surface area contributed by atoms with Crippen molar-refractivity contribution in [2.45, 2.75) is 0 Å². The predicted octanol–water partition coefficient (Wildman–Crippen LogP) is 0.830. The smallest absolute Gasteiger partial charge is 0.331 e. The summed E-state index contributed by atoms with van der Waals surface area (Å²) >= 11 is 0. The zero-order chi connectivity index (χ0) is 11.0. The third-order valence-corrected chi connectivity index (χ3v) is 2.36. The molecule has 0 aromatic rings. The molecule has 0 radical (unpaired) electrons. The number of carbonyl (C=O) groups is 1. The number of rotatable bonds is 6. The average Bonchev–Trinajstić information content (AvgIpc) is 2.11. The molecule has 5 heteroatoms. The highest BCUT2D eigenvalue weighted by Gasteiger charge is 2.03. The van der Waals surface area contributed by atoms with Gasteiger partial charge >= 0.3 is 5.97 Å². The van der Waals surface area contributed by atoms with Crippen molar-refractivity contribution in [1.82, 2.24) is 0 Å². The highest BCUT2D eigenvalue weighted by atomic mass is 32.2. The summed E-state index contributed by atoms with van der Waals surface area (Å²) in [6, 6.07) is 0. The Morgan fingerprint density at radius 3 is 2.43 bits per heavy atom. The standard InChI is InChI=1S/C9H12O4S/c1-3-6-13-9(10)5-8-14(11,12)7-4-2/h3-5,8H,1-2,6-7H2. The zero-order valence-electron chi connectivity index (χ0n) is 7.68. The summed E-state index contributed by atoms with van der Waals surface area (Å²) in [6.45, 7) is 6.68. The Balaban J connectivity index is 4.22. The first-order valence-electron chi connectivity index (χ1n) is 3.81. The van der Waals surface area contributed by atoms with Crippen molar-refractivity contribution in [3.8, 4) is 0 Å². The molecular formula is C9H12O4S. The maximum Gasteiger partial charge on any atom is 0.331 e. The van der Waals surface area contributed by atoms with Gasteiger partial charge in [-0.25, -0.2) is 13.2 Å². The van der Waals surface area contributed by atoms with Gasteiger partial charge in [0.15, 0.2) is 9.84 Å². The van der Waals surface area contributed by atoms with E-state index in [1.54, 1.807) is 0 Å². The van der Waals surface area contributed by atoms with E-state index in [9.17, 15) is 13.2 Å². The van der Waals surface area contributed by atoms with Crippen LogP contribution in [0.2, 0.25) is 0 Å². The van der Waals surface area contributed by atoms with Crippen molar-refractivity contribution in [3.63, 3.8) is 0 Å². The molecule has 0 saturated heterocycles. The van der Waals surface area contributed by atoms with Crippen LogP contribution < -0.4 is 0 Å². The summed E-state index contributed by atoms with van der Waals surface area (Å²) < 4.78 is 26.6. The van der Waals surface area contributed by atoms with Crippen LogP contribution in [0.4, 0.5) is 0 Å². The molecule has 0 atom stereocenters. The average molecular weight is 216 g/mol. The van der Waals surface area contributed by atoms with Crippen molar-refractivity contribution < 1.29 is 17.9 Å². The van der Waals surface area contributed by atoms with E-state index in [4.69, 9.17) is 0 Å². The summed E-state index contributed by atoms with van der Waals surface area (Å²) in [5.74, 6) is -0.907.